The number of pyridine rings is 1. The highest BCUT2D eigenvalue weighted by Crippen LogP contribution is 2.26. The van der Waals surface area contributed by atoms with Crippen molar-refractivity contribution < 1.29 is 14.7 Å². The van der Waals surface area contributed by atoms with Gasteiger partial charge in [0.05, 0.1) is 6.04 Å². The van der Waals surface area contributed by atoms with E-state index in [4.69, 9.17) is 5.11 Å². The van der Waals surface area contributed by atoms with Crippen LogP contribution in [0.5, 0.6) is 0 Å². The average molecular weight is 304 g/mol. The topological polar surface area (TPSA) is 79.3 Å². The highest BCUT2D eigenvalue weighted by Gasteiger charge is 2.21. The minimum atomic E-state index is -1.15. The van der Waals surface area contributed by atoms with Crippen molar-refractivity contribution in [1.82, 2.24) is 10.3 Å². The van der Waals surface area contributed by atoms with Crippen LogP contribution >= 0.6 is 11.3 Å². The number of aromatic nitrogens is 1. The summed E-state index contributed by atoms with van der Waals surface area (Å²) in [5.74, 6) is -1.30. The molecule has 1 amide bonds. The fourth-order valence-corrected chi connectivity index (χ4v) is 2.88. The summed E-state index contributed by atoms with van der Waals surface area (Å²) in [5, 5.41) is 13.8. The summed E-state index contributed by atoms with van der Waals surface area (Å²) in [4.78, 5) is 28.1. The Labute approximate surface area is 126 Å². The SMILES string of the molecule is CC(C)C(NC(=O)c1cccc(C(=O)O)n1)c1cccs1. The Kier molecular flexibility index (Phi) is 4.70. The summed E-state index contributed by atoms with van der Waals surface area (Å²) >= 11 is 1.58. The molecular formula is C15H16N2O3S. The molecule has 0 bridgehead atoms. The van der Waals surface area contributed by atoms with Crippen molar-refractivity contribution in [3.8, 4) is 0 Å². The van der Waals surface area contributed by atoms with Crippen LogP contribution in [-0.2, 0) is 0 Å². The Morgan fingerprint density at radius 3 is 2.48 bits per heavy atom. The lowest BCUT2D eigenvalue weighted by Gasteiger charge is -2.21. The van der Waals surface area contributed by atoms with Gasteiger partial charge in [-0.3, -0.25) is 4.79 Å². The van der Waals surface area contributed by atoms with Gasteiger partial charge in [-0.25, -0.2) is 9.78 Å². The van der Waals surface area contributed by atoms with Crippen molar-refractivity contribution in [2.24, 2.45) is 5.92 Å². The Morgan fingerprint density at radius 1 is 1.19 bits per heavy atom. The van der Waals surface area contributed by atoms with E-state index >= 15 is 0 Å². The van der Waals surface area contributed by atoms with Crippen molar-refractivity contribution in [2.75, 3.05) is 0 Å². The summed E-state index contributed by atoms with van der Waals surface area (Å²) in [6.07, 6.45) is 0. The second kappa shape index (κ2) is 6.49. The molecule has 2 aromatic heterocycles. The number of aromatic carboxylic acids is 1. The Balaban J connectivity index is 2.20. The minimum Gasteiger partial charge on any atom is -0.477 e. The number of rotatable bonds is 5. The van der Waals surface area contributed by atoms with Gasteiger partial charge in [0.2, 0.25) is 0 Å². The first-order chi connectivity index (χ1) is 9.99. The molecule has 0 aliphatic carbocycles. The van der Waals surface area contributed by atoms with Crippen molar-refractivity contribution in [1.29, 1.82) is 0 Å². The van der Waals surface area contributed by atoms with Gasteiger partial charge in [-0.05, 0) is 29.5 Å². The molecule has 21 heavy (non-hydrogen) atoms. The number of carbonyl (C=O) groups excluding carboxylic acids is 1. The second-order valence-corrected chi connectivity index (χ2v) is 5.90. The number of hydrogen-bond acceptors (Lipinski definition) is 4. The van der Waals surface area contributed by atoms with Gasteiger partial charge in [-0.15, -0.1) is 11.3 Å². The first kappa shape index (κ1) is 15.2. The van der Waals surface area contributed by atoms with Gasteiger partial charge in [0.15, 0.2) is 0 Å². The zero-order valence-corrected chi connectivity index (χ0v) is 12.6. The number of nitrogens with zero attached hydrogens (tertiary/aromatic N) is 1. The van der Waals surface area contributed by atoms with E-state index in [1.54, 1.807) is 11.3 Å². The molecule has 1 atom stereocenters. The molecule has 0 spiro atoms. The molecule has 2 N–H and O–H groups in total. The van der Waals surface area contributed by atoms with Gasteiger partial charge in [0.1, 0.15) is 11.4 Å². The maximum absolute atomic E-state index is 12.3. The van der Waals surface area contributed by atoms with Crippen LogP contribution < -0.4 is 5.32 Å². The Bertz CT molecular complexity index is 638. The molecular weight excluding hydrogens is 288 g/mol. The Hall–Kier alpha value is -2.21. The van der Waals surface area contributed by atoms with E-state index in [1.165, 1.54) is 18.2 Å². The summed E-state index contributed by atoms with van der Waals surface area (Å²) in [6, 6.07) is 8.17. The van der Waals surface area contributed by atoms with Gasteiger partial charge >= 0.3 is 5.97 Å². The Morgan fingerprint density at radius 2 is 1.90 bits per heavy atom. The molecule has 0 saturated heterocycles. The maximum Gasteiger partial charge on any atom is 0.354 e. The predicted octanol–water partition coefficient (Wildman–Crippen LogP) is 2.97. The molecule has 110 valence electrons. The lowest BCUT2D eigenvalue weighted by molar-refractivity contribution is 0.0690. The maximum atomic E-state index is 12.3. The number of carboxylic acid groups (broad SMARTS) is 1. The standard InChI is InChI=1S/C15H16N2O3S/c1-9(2)13(12-7-4-8-21-12)17-14(18)10-5-3-6-11(16-10)15(19)20/h3-9,13H,1-2H3,(H,17,18)(H,19,20). The van der Waals surface area contributed by atoms with Crippen LogP contribution in [-0.4, -0.2) is 22.0 Å². The summed E-state index contributed by atoms with van der Waals surface area (Å²) in [7, 11) is 0. The van der Waals surface area contributed by atoms with Gasteiger partial charge in [0.25, 0.3) is 5.91 Å². The van der Waals surface area contributed by atoms with Crippen LogP contribution in [0.2, 0.25) is 0 Å². The molecule has 0 aliphatic rings. The van der Waals surface area contributed by atoms with E-state index in [-0.39, 0.29) is 29.3 Å². The number of carboxylic acids is 1. The summed E-state index contributed by atoms with van der Waals surface area (Å²) in [6.45, 7) is 4.04. The number of amides is 1. The van der Waals surface area contributed by atoms with Gasteiger partial charge in [-0.2, -0.15) is 0 Å². The van der Waals surface area contributed by atoms with Gasteiger partial charge < -0.3 is 10.4 Å². The van der Waals surface area contributed by atoms with Crippen molar-refractivity contribution in [3.63, 3.8) is 0 Å². The van der Waals surface area contributed by atoms with Crippen LogP contribution in [0.1, 0.15) is 45.7 Å². The van der Waals surface area contributed by atoms with Gasteiger partial charge in [0, 0.05) is 4.88 Å². The largest absolute Gasteiger partial charge is 0.477 e. The molecule has 0 saturated carbocycles. The molecule has 2 aromatic rings. The number of thiophene rings is 1. The first-order valence-corrected chi connectivity index (χ1v) is 7.41. The first-order valence-electron chi connectivity index (χ1n) is 6.53. The average Bonchev–Trinajstić information content (AvgIpc) is 2.98. The van der Waals surface area contributed by atoms with Crippen LogP contribution in [0.15, 0.2) is 35.7 Å². The fourth-order valence-electron chi connectivity index (χ4n) is 1.93. The third-order valence-electron chi connectivity index (χ3n) is 3.00. The van der Waals surface area contributed by atoms with Crippen molar-refractivity contribution in [3.05, 3.63) is 52.0 Å². The fraction of sp³-hybridized carbons (Fsp3) is 0.267. The lowest BCUT2D eigenvalue weighted by atomic mass is 10.0. The molecule has 0 aliphatic heterocycles. The summed E-state index contributed by atoms with van der Waals surface area (Å²) in [5.41, 5.74) is -0.0306. The van der Waals surface area contributed by atoms with E-state index in [0.29, 0.717) is 0 Å². The van der Waals surface area contributed by atoms with E-state index in [0.717, 1.165) is 4.88 Å². The summed E-state index contributed by atoms with van der Waals surface area (Å²) < 4.78 is 0. The van der Waals surface area contributed by atoms with Crippen molar-refractivity contribution in [2.45, 2.75) is 19.9 Å². The monoisotopic (exact) mass is 304 g/mol. The quantitative estimate of drug-likeness (QED) is 0.890. The molecule has 0 fully saturated rings. The van der Waals surface area contributed by atoms with E-state index in [9.17, 15) is 9.59 Å². The molecule has 0 aromatic carbocycles. The van der Waals surface area contributed by atoms with Crippen LogP contribution in [0.4, 0.5) is 0 Å². The number of carbonyl (C=O) groups is 2. The number of hydrogen-bond donors (Lipinski definition) is 2. The highest BCUT2D eigenvalue weighted by molar-refractivity contribution is 7.10. The minimum absolute atomic E-state index is 0.108. The smallest absolute Gasteiger partial charge is 0.354 e. The number of nitrogens with one attached hydrogen (secondary N) is 1. The third-order valence-corrected chi connectivity index (χ3v) is 3.96. The highest BCUT2D eigenvalue weighted by atomic mass is 32.1. The second-order valence-electron chi connectivity index (χ2n) is 4.92. The van der Waals surface area contributed by atoms with Crippen LogP contribution in [0.3, 0.4) is 0 Å². The normalized spacial score (nSPS) is 12.1. The molecule has 1 unspecified atom stereocenters. The molecule has 6 heteroatoms. The van der Waals surface area contributed by atoms with E-state index < -0.39 is 5.97 Å². The lowest BCUT2D eigenvalue weighted by Crippen LogP contribution is -2.32. The zero-order valence-electron chi connectivity index (χ0n) is 11.7. The van der Waals surface area contributed by atoms with Crippen molar-refractivity contribution >= 4 is 23.2 Å². The van der Waals surface area contributed by atoms with E-state index in [2.05, 4.69) is 10.3 Å². The molecule has 2 heterocycles. The molecule has 2 rings (SSSR count). The zero-order chi connectivity index (χ0) is 15.4. The van der Waals surface area contributed by atoms with E-state index in [1.807, 2.05) is 31.4 Å². The van der Waals surface area contributed by atoms with Gasteiger partial charge in [-0.1, -0.05) is 26.0 Å². The molecule has 0 radical (unpaired) electrons. The van der Waals surface area contributed by atoms with Crippen LogP contribution in [0.25, 0.3) is 0 Å². The predicted molar refractivity (Wildman–Crippen MR) is 80.6 cm³/mol. The molecule has 5 nitrogen and oxygen atoms in total. The third kappa shape index (κ3) is 3.66. The van der Waals surface area contributed by atoms with Crippen LogP contribution in [0, 0.1) is 5.92 Å².